The highest BCUT2D eigenvalue weighted by molar-refractivity contribution is 5.81. The Balaban J connectivity index is 0.000000429. The van der Waals surface area contributed by atoms with Gasteiger partial charge in [0, 0.05) is 64.5 Å². The summed E-state index contributed by atoms with van der Waals surface area (Å²) in [5.41, 5.74) is -0.586. The van der Waals surface area contributed by atoms with E-state index >= 15 is 0 Å². The predicted octanol–water partition coefficient (Wildman–Crippen LogP) is 2.29. The normalized spacial score (nSPS) is 21.2. The molecule has 196 valence electrons. The van der Waals surface area contributed by atoms with E-state index in [1.807, 2.05) is 34.7 Å². The van der Waals surface area contributed by atoms with E-state index in [1.165, 1.54) is 0 Å². The molecule has 0 aromatic carbocycles. The van der Waals surface area contributed by atoms with Crippen LogP contribution in [0.15, 0.2) is 12.4 Å². The number of alkyl halides is 3. The van der Waals surface area contributed by atoms with Crippen molar-refractivity contribution in [2.24, 2.45) is 0 Å². The summed E-state index contributed by atoms with van der Waals surface area (Å²) in [6.07, 6.45) is 1.67. The molecule has 3 aliphatic heterocycles. The van der Waals surface area contributed by atoms with Gasteiger partial charge in [-0.15, -0.1) is 0 Å². The summed E-state index contributed by atoms with van der Waals surface area (Å²) < 4.78 is 40.3. The first kappa shape index (κ1) is 26.8. The summed E-state index contributed by atoms with van der Waals surface area (Å²) in [5.74, 6) is -1.82. The molecule has 2 fully saturated rings. The number of piperidine rings is 1. The van der Waals surface area contributed by atoms with Gasteiger partial charge in [-0.05, 0) is 26.7 Å². The fourth-order valence-electron chi connectivity index (χ4n) is 4.77. The number of amides is 3. The molecule has 1 N–H and O–H groups in total. The number of halogens is 3. The molecule has 4 rings (SSSR count). The Hall–Kier alpha value is -2.83. The lowest BCUT2D eigenvalue weighted by Crippen LogP contribution is -2.56. The zero-order chi connectivity index (χ0) is 25.8. The van der Waals surface area contributed by atoms with Crippen LogP contribution in [-0.2, 0) is 26.5 Å². The van der Waals surface area contributed by atoms with Gasteiger partial charge in [0.15, 0.2) is 6.10 Å². The second kappa shape index (κ2) is 10.8. The molecule has 0 bridgehead atoms. The maximum absolute atomic E-state index is 13.0. The Morgan fingerprint density at radius 1 is 1.11 bits per heavy atom. The molecule has 4 heterocycles. The first-order valence-corrected chi connectivity index (χ1v) is 11.8. The molecule has 3 amide bonds. The van der Waals surface area contributed by atoms with Gasteiger partial charge in [0.1, 0.15) is 11.4 Å². The number of urea groups is 1. The Bertz CT molecular complexity index is 904. The molecule has 35 heavy (non-hydrogen) atoms. The fraction of sp³-hybridized carbons (Fsp3) is 0.727. The number of carbonyl (C=O) groups excluding carboxylic acids is 2. The van der Waals surface area contributed by atoms with Gasteiger partial charge in [0.25, 0.3) is 5.91 Å². The molecular formula is C22H32F3N5O5. The van der Waals surface area contributed by atoms with Gasteiger partial charge in [-0.1, -0.05) is 0 Å². The van der Waals surface area contributed by atoms with Crippen LogP contribution in [0.4, 0.5) is 18.0 Å². The molecule has 1 aromatic rings. The second-order valence-electron chi connectivity index (χ2n) is 8.78. The van der Waals surface area contributed by atoms with Crippen molar-refractivity contribution in [3.05, 3.63) is 18.2 Å². The van der Waals surface area contributed by atoms with Crippen molar-refractivity contribution in [3.8, 4) is 0 Å². The van der Waals surface area contributed by atoms with Crippen molar-refractivity contribution >= 4 is 17.9 Å². The molecule has 0 saturated carbocycles. The maximum atomic E-state index is 13.0. The Labute approximate surface area is 201 Å². The summed E-state index contributed by atoms with van der Waals surface area (Å²) in [6, 6.07) is 0.141. The number of likely N-dealkylation sites (N-methyl/N-ethyl adjacent to an activating group) is 1. The third kappa shape index (κ3) is 5.88. The highest BCUT2D eigenvalue weighted by atomic mass is 19.4. The van der Waals surface area contributed by atoms with E-state index in [-0.39, 0.29) is 11.9 Å². The molecule has 0 aliphatic carbocycles. The largest absolute Gasteiger partial charge is 0.490 e. The van der Waals surface area contributed by atoms with Crippen molar-refractivity contribution in [1.82, 2.24) is 24.3 Å². The van der Waals surface area contributed by atoms with Crippen LogP contribution >= 0.6 is 0 Å². The smallest absolute Gasteiger partial charge is 0.475 e. The lowest BCUT2D eigenvalue weighted by molar-refractivity contribution is -0.192. The number of hydrogen-bond acceptors (Lipinski definition) is 5. The quantitative estimate of drug-likeness (QED) is 0.678. The van der Waals surface area contributed by atoms with E-state index in [0.717, 1.165) is 31.8 Å². The van der Waals surface area contributed by atoms with E-state index in [1.54, 1.807) is 6.20 Å². The van der Waals surface area contributed by atoms with Crippen molar-refractivity contribution < 1.29 is 37.4 Å². The maximum Gasteiger partial charge on any atom is 0.490 e. The number of likely N-dealkylation sites (tertiary alicyclic amines) is 2. The minimum Gasteiger partial charge on any atom is -0.475 e. The van der Waals surface area contributed by atoms with Gasteiger partial charge in [0.05, 0.1) is 6.54 Å². The highest BCUT2D eigenvalue weighted by Gasteiger charge is 2.48. The molecule has 1 unspecified atom stereocenters. The van der Waals surface area contributed by atoms with Crippen LogP contribution in [0, 0.1) is 0 Å². The molecule has 1 spiro atoms. The van der Waals surface area contributed by atoms with E-state index in [4.69, 9.17) is 14.6 Å². The average Bonchev–Trinajstić information content (AvgIpc) is 3.52. The molecular weight excluding hydrogens is 471 g/mol. The number of carbonyl (C=O) groups is 3. The van der Waals surface area contributed by atoms with Crippen molar-refractivity contribution in [2.45, 2.75) is 64.0 Å². The summed E-state index contributed by atoms with van der Waals surface area (Å²) in [5, 5.41) is 7.12. The van der Waals surface area contributed by atoms with Crippen LogP contribution in [-0.4, -0.2) is 98.8 Å². The minimum atomic E-state index is -5.08. The van der Waals surface area contributed by atoms with E-state index in [0.29, 0.717) is 45.6 Å². The summed E-state index contributed by atoms with van der Waals surface area (Å²) >= 11 is 0. The lowest BCUT2D eigenvalue weighted by atomic mass is 9.88. The number of rotatable bonds is 3. The Morgan fingerprint density at radius 2 is 1.66 bits per heavy atom. The lowest BCUT2D eigenvalue weighted by Gasteiger charge is -2.46. The van der Waals surface area contributed by atoms with Crippen molar-refractivity contribution in [2.75, 3.05) is 39.3 Å². The zero-order valence-corrected chi connectivity index (χ0v) is 20.0. The number of aliphatic carboxylic acids is 1. The molecule has 1 aromatic heterocycles. The SMILES string of the molecule is CCN(CC)C(=O)C1Cn2ccnc2C2(CCN(C(=O)N3CCCC3)CC2)O1.O=C(O)C(F)(F)F. The number of carboxylic acid groups (broad SMARTS) is 1. The highest BCUT2D eigenvalue weighted by Crippen LogP contribution is 2.40. The number of ether oxygens (including phenoxy) is 1. The number of carboxylic acids is 1. The number of fused-ring (bicyclic) bond motifs is 2. The standard InChI is InChI=1S/C20H31N5O3.C2HF3O2/c1-3-22(4-2)17(26)16-15-25-14-9-21-18(25)20(28-16)7-12-24(13-8-20)19(27)23-10-5-6-11-23;3-2(4,5)1(6)7/h9,14,16H,3-8,10-13,15H2,1-2H3;(H,6,7). The van der Waals surface area contributed by atoms with Crippen LogP contribution in [0.3, 0.4) is 0 Å². The Morgan fingerprint density at radius 3 is 2.17 bits per heavy atom. The second-order valence-corrected chi connectivity index (χ2v) is 8.78. The molecule has 3 aliphatic rings. The average molecular weight is 504 g/mol. The van der Waals surface area contributed by atoms with Crippen LogP contribution in [0.25, 0.3) is 0 Å². The number of nitrogens with zero attached hydrogens (tertiary/aromatic N) is 5. The number of imidazole rings is 1. The molecule has 0 radical (unpaired) electrons. The van der Waals surface area contributed by atoms with Gasteiger partial charge >= 0.3 is 18.2 Å². The topological polar surface area (TPSA) is 108 Å². The molecule has 2 saturated heterocycles. The fourth-order valence-corrected chi connectivity index (χ4v) is 4.77. The third-order valence-electron chi connectivity index (χ3n) is 6.66. The first-order chi connectivity index (χ1) is 16.5. The summed E-state index contributed by atoms with van der Waals surface area (Å²) in [6.45, 7) is 8.83. The van der Waals surface area contributed by atoms with Gasteiger partial charge < -0.3 is 29.1 Å². The zero-order valence-electron chi connectivity index (χ0n) is 20.0. The van der Waals surface area contributed by atoms with Crippen LogP contribution < -0.4 is 0 Å². The van der Waals surface area contributed by atoms with Gasteiger partial charge in [0.2, 0.25) is 0 Å². The molecule has 1 atom stereocenters. The van der Waals surface area contributed by atoms with Gasteiger partial charge in [-0.3, -0.25) is 4.79 Å². The number of hydrogen-bond donors (Lipinski definition) is 1. The molecule has 10 nitrogen and oxygen atoms in total. The van der Waals surface area contributed by atoms with Crippen LogP contribution in [0.1, 0.15) is 45.4 Å². The minimum absolute atomic E-state index is 0.0410. The van der Waals surface area contributed by atoms with Crippen LogP contribution in [0.2, 0.25) is 0 Å². The van der Waals surface area contributed by atoms with E-state index in [2.05, 4.69) is 9.55 Å². The number of aromatic nitrogens is 2. The monoisotopic (exact) mass is 503 g/mol. The predicted molar refractivity (Wildman–Crippen MR) is 117 cm³/mol. The van der Waals surface area contributed by atoms with E-state index in [9.17, 15) is 22.8 Å². The Kier molecular flexibility index (Phi) is 8.29. The van der Waals surface area contributed by atoms with Gasteiger partial charge in [-0.25, -0.2) is 14.6 Å². The summed E-state index contributed by atoms with van der Waals surface area (Å²) in [4.78, 5) is 44.9. The van der Waals surface area contributed by atoms with Gasteiger partial charge in [-0.2, -0.15) is 13.2 Å². The third-order valence-corrected chi connectivity index (χ3v) is 6.66. The van der Waals surface area contributed by atoms with Crippen LogP contribution in [0.5, 0.6) is 0 Å². The van der Waals surface area contributed by atoms with Crippen molar-refractivity contribution in [3.63, 3.8) is 0 Å². The summed E-state index contributed by atoms with van der Waals surface area (Å²) in [7, 11) is 0. The first-order valence-electron chi connectivity index (χ1n) is 11.8. The van der Waals surface area contributed by atoms with E-state index < -0.39 is 23.9 Å². The molecule has 13 heteroatoms. The van der Waals surface area contributed by atoms with Crippen molar-refractivity contribution in [1.29, 1.82) is 0 Å².